The fraction of sp³-hybridized carbons (Fsp3) is 0.471. The number of piperidine rings is 1. The van der Waals surface area contributed by atoms with Gasteiger partial charge >= 0.3 is 0 Å². The van der Waals surface area contributed by atoms with E-state index < -0.39 is 0 Å². The highest BCUT2D eigenvalue weighted by Gasteiger charge is 2.28. The highest BCUT2D eigenvalue weighted by molar-refractivity contribution is 5.89. The number of aliphatic hydroxyl groups is 1. The fourth-order valence-corrected chi connectivity index (χ4v) is 3.24. The van der Waals surface area contributed by atoms with E-state index >= 15 is 0 Å². The summed E-state index contributed by atoms with van der Waals surface area (Å²) in [6.45, 7) is 10.6. The zero-order chi connectivity index (χ0) is 16.6. The summed E-state index contributed by atoms with van der Waals surface area (Å²) in [5.74, 6) is 0.508. The molecule has 0 saturated carbocycles. The zero-order valence-electron chi connectivity index (χ0n) is 13.4. The van der Waals surface area contributed by atoms with E-state index in [-0.39, 0.29) is 17.6 Å². The van der Waals surface area contributed by atoms with Crippen LogP contribution in [0.25, 0.3) is 15.9 Å². The first-order valence-electron chi connectivity index (χ1n) is 7.86. The van der Waals surface area contributed by atoms with Gasteiger partial charge in [0.05, 0.1) is 17.3 Å². The van der Waals surface area contributed by atoms with E-state index in [0.717, 1.165) is 17.6 Å². The third-order valence-corrected chi connectivity index (χ3v) is 4.73. The number of pyridine rings is 2. The lowest BCUT2D eigenvalue weighted by molar-refractivity contribution is 0.0861. The summed E-state index contributed by atoms with van der Waals surface area (Å²) in [6, 6.07) is 5.00. The second-order valence-corrected chi connectivity index (χ2v) is 6.05. The van der Waals surface area contributed by atoms with Gasteiger partial charge in [0.15, 0.2) is 0 Å². The highest BCUT2D eigenvalue weighted by atomic mass is 16.3. The number of rotatable bonds is 2. The Labute approximate surface area is 134 Å². The summed E-state index contributed by atoms with van der Waals surface area (Å²) in [5.41, 5.74) is 2.06. The highest BCUT2D eigenvalue weighted by Crippen LogP contribution is 2.30. The molecule has 1 aliphatic rings. The molecule has 0 aliphatic carbocycles. The SMILES string of the molecule is [C-]#[N+]c1ccc2c(n1)c(N1CC[C@@H](O)[C@H](CC)C1)cc(=O)n2C. The minimum atomic E-state index is -0.291. The number of anilines is 1. The van der Waals surface area contributed by atoms with E-state index in [0.29, 0.717) is 30.8 Å². The normalized spacial score (nSPS) is 21.4. The van der Waals surface area contributed by atoms with Crippen LogP contribution in [0.1, 0.15) is 19.8 Å². The third-order valence-electron chi connectivity index (χ3n) is 4.73. The molecule has 2 aromatic rings. The van der Waals surface area contributed by atoms with Crippen LogP contribution in [0.15, 0.2) is 23.0 Å². The van der Waals surface area contributed by atoms with E-state index in [1.165, 1.54) is 0 Å². The number of aromatic nitrogens is 2. The molecule has 0 bridgehead atoms. The van der Waals surface area contributed by atoms with Crippen molar-refractivity contribution in [3.05, 3.63) is 40.0 Å². The number of fused-ring (bicyclic) bond motifs is 1. The summed E-state index contributed by atoms with van der Waals surface area (Å²) in [4.78, 5) is 22.2. The van der Waals surface area contributed by atoms with Crippen molar-refractivity contribution < 1.29 is 5.11 Å². The van der Waals surface area contributed by atoms with Crippen LogP contribution in [0, 0.1) is 12.5 Å². The molecule has 1 fully saturated rings. The minimum absolute atomic E-state index is 0.0935. The monoisotopic (exact) mass is 312 g/mol. The number of hydrogen-bond acceptors (Lipinski definition) is 4. The maximum absolute atomic E-state index is 12.3. The van der Waals surface area contributed by atoms with Crippen LogP contribution < -0.4 is 10.5 Å². The first-order valence-corrected chi connectivity index (χ1v) is 7.86. The Morgan fingerprint density at radius 3 is 2.96 bits per heavy atom. The zero-order valence-corrected chi connectivity index (χ0v) is 13.4. The second kappa shape index (κ2) is 6.01. The molecule has 0 radical (unpaired) electrons. The van der Waals surface area contributed by atoms with Gasteiger partial charge in [0.25, 0.3) is 11.4 Å². The number of aliphatic hydroxyl groups excluding tert-OH is 1. The summed E-state index contributed by atoms with van der Waals surface area (Å²) < 4.78 is 1.55. The van der Waals surface area contributed by atoms with Crippen molar-refractivity contribution >= 4 is 22.5 Å². The van der Waals surface area contributed by atoms with Crippen LogP contribution in [0.3, 0.4) is 0 Å². The molecule has 1 saturated heterocycles. The smallest absolute Gasteiger partial charge is 0.270 e. The molecule has 0 spiro atoms. The second-order valence-electron chi connectivity index (χ2n) is 6.05. The van der Waals surface area contributed by atoms with E-state index in [1.807, 2.05) is 0 Å². The summed E-state index contributed by atoms with van der Waals surface area (Å²) in [5, 5.41) is 10.1. The summed E-state index contributed by atoms with van der Waals surface area (Å²) >= 11 is 0. The predicted octanol–water partition coefficient (Wildman–Crippen LogP) is 2.08. The first kappa shape index (κ1) is 15.5. The Hall–Kier alpha value is -2.39. The van der Waals surface area contributed by atoms with Crippen molar-refractivity contribution in [2.75, 3.05) is 18.0 Å². The molecular weight excluding hydrogens is 292 g/mol. The Kier molecular flexibility index (Phi) is 4.05. The van der Waals surface area contributed by atoms with Gasteiger partial charge in [-0.25, -0.2) is 0 Å². The van der Waals surface area contributed by atoms with Gasteiger partial charge in [-0.05, 0) is 25.0 Å². The Morgan fingerprint density at radius 2 is 2.26 bits per heavy atom. The van der Waals surface area contributed by atoms with Crippen molar-refractivity contribution in [3.8, 4) is 0 Å². The standard InChI is InChI=1S/C17H20N4O2/c1-4-11-10-21(8-7-14(11)22)13-9-16(23)20(3)12-5-6-15(18-2)19-17(12)13/h5-6,9,11,14,22H,4,7-8,10H2,1,3H3/t11-,14-/m1/s1. The van der Waals surface area contributed by atoms with Crippen LogP contribution in [0.4, 0.5) is 11.5 Å². The summed E-state index contributed by atoms with van der Waals surface area (Å²) in [6.07, 6.45) is 1.28. The quantitative estimate of drug-likeness (QED) is 0.863. The van der Waals surface area contributed by atoms with E-state index in [9.17, 15) is 9.90 Å². The minimum Gasteiger partial charge on any atom is -0.393 e. The van der Waals surface area contributed by atoms with Crippen LogP contribution in [0.5, 0.6) is 0 Å². The van der Waals surface area contributed by atoms with E-state index in [1.54, 1.807) is 29.8 Å². The van der Waals surface area contributed by atoms with Crippen molar-refractivity contribution in [1.29, 1.82) is 0 Å². The molecule has 1 aliphatic heterocycles. The lowest BCUT2D eigenvalue weighted by Gasteiger charge is -2.37. The molecule has 3 rings (SSSR count). The van der Waals surface area contributed by atoms with Gasteiger partial charge in [-0.15, -0.1) is 4.98 Å². The van der Waals surface area contributed by atoms with Gasteiger partial charge in [0.1, 0.15) is 0 Å². The molecule has 0 aromatic carbocycles. The van der Waals surface area contributed by atoms with Crippen molar-refractivity contribution in [3.63, 3.8) is 0 Å². The molecule has 2 atom stereocenters. The molecule has 3 heterocycles. The van der Waals surface area contributed by atoms with Crippen LogP contribution >= 0.6 is 0 Å². The van der Waals surface area contributed by atoms with Gasteiger partial charge in [-0.2, -0.15) is 0 Å². The van der Waals surface area contributed by atoms with Crippen LogP contribution in [0.2, 0.25) is 0 Å². The molecule has 6 nitrogen and oxygen atoms in total. The van der Waals surface area contributed by atoms with Crippen LogP contribution in [-0.4, -0.2) is 33.9 Å². The molecular formula is C17H20N4O2. The number of hydrogen-bond donors (Lipinski definition) is 1. The molecule has 1 N–H and O–H groups in total. The largest absolute Gasteiger partial charge is 0.393 e. The average Bonchev–Trinajstić information content (AvgIpc) is 2.58. The van der Waals surface area contributed by atoms with Crippen molar-refractivity contribution in [2.24, 2.45) is 13.0 Å². The maximum Gasteiger partial charge on any atom is 0.270 e. The third kappa shape index (κ3) is 2.68. The van der Waals surface area contributed by atoms with E-state index in [4.69, 9.17) is 6.57 Å². The molecule has 2 aromatic heterocycles. The predicted molar refractivity (Wildman–Crippen MR) is 89.9 cm³/mol. The number of nitrogens with zero attached hydrogens (tertiary/aromatic N) is 4. The van der Waals surface area contributed by atoms with Gasteiger partial charge in [-0.3, -0.25) is 4.79 Å². The number of aryl methyl sites for hydroxylation is 1. The summed E-state index contributed by atoms with van der Waals surface area (Å²) in [7, 11) is 1.71. The Morgan fingerprint density at radius 1 is 1.48 bits per heavy atom. The molecule has 120 valence electrons. The molecule has 0 unspecified atom stereocenters. The fourth-order valence-electron chi connectivity index (χ4n) is 3.24. The van der Waals surface area contributed by atoms with Gasteiger partial charge < -0.3 is 19.4 Å². The lowest BCUT2D eigenvalue weighted by atomic mass is 9.92. The Bertz CT molecular complexity index is 837. The maximum atomic E-state index is 12.3. The molecule has 23 heavy (non-hydrogen) atoms. The average molecular weight is 312 g/mol. The van der Waals surface area contributed by atoms with Crippen molar-refractivity contribution in [2.45, 2.75) is 25.9 Å². The van der Waals surface area contributed by atoms with E-state index in [2.05, 4.69) is 21.7 Å². The Balaban J connectivity index is 2.15. The topological polar surface area (TPSA) is 62.7 Å². The van der Waals surface area contributed by atoms with Gasteiger partial charge in [-0.1, -0.05) is 13.5 Å². The van der Waals surface area contributed by atoms with Gasteiger partial charge in [0, 0.05) is 32.1 Å². The first-order chi connectivity index (χ1) is 11.0. The molecule has 6 heteroatoms. The molecule has 0 amide bonds. The van der Waals surface area contributed by atoms with Gasteiger partial charge in [0.2, 0.25) is 5.52 Å². The van der Waals surface area contributed by atoms with Crippen LogP contribution in [-0.2, 0) is 7.05 Å². The van der Waals surface area contributed by atoms with Crippen molar-refractivity contribution in [1.82, 2.24) is 9.55 Å². The lowest BCUT2D eigenvalue weighted by Crippen LogP contribution is -2.43.